The average molecular weight is 603 g/mol. The predicted molar refractivity (Wildman–Crippen MR) is 178 cm³/mol. The molecule has 0 spiro atoms. The Morgan fingerprint density at radius 2 is 1.62 bits per heavy atom. The molecule has 4 heterocycles. The minimum absolute atomic E-state index is 0.135. The van der Waals surface area contributed by atoms with Crippen molar-refractivity contribution in [1.82, 2.24) is 28.8 Å². The molecule has 1 aliphatic rings. The number of fused-ring (bicyclic) bond motifs is 3. The van der Waals surface area contributed by atoms with Crippen LogP contribution in [0.3, 0.4) is 0 Å². The third kappa shape index (κ3) is 5.55. The summed E-state index contributed by atoms with van der Waals surface area (Å²) in [6.45, 7) is 6.77. The first-order valence-electron chi connectivity index (χ1n) is 15.6. The quantitative estimate of drug-likeness (QED) is 0.267. The summed E-state index contributed by atoms with van der Waals surface area (Å²) in [6, 6.07) is 24.3. The van der Waals surface area contributed by atoms with Gasteiger partial charge in [0, 0.05) is 37.3 Å². The number of rotatable bonds is 5. The summed E-state index contributed by atoms with van der Waals surface area (Å²) >= 11 is 0. The van der Waals surface area contributed by atoms with E-state index >= 15 is 0 Å². The Labute approximate surface area is 262 Å². The lowest BCUT2D eigenvalue weighted by Gasteiger charge is -2.33. The van der Waals surface area contributed by atoms with Gasteiger partial charge in [-0.15, -0.1) is 0 Å². The second-order valence-electron chi connectivity index (χ2n) is 11.3. The van der Waals surface area contributed by atoms with Crippen LogP contribution in [-0.4, -0.2) is 59.0 Å². The first-order chi connectivity index (χ1) is 21.9. The standard InChI is InChI=1S/C34H32N6O3.C2H6/c1-22(41)33(42)38-16-14-24(15-17-38)23-8-11-28(12-9-23)40-32-29-18-25(10-13-30(29)35-20-31(32)37(2)34(40)43)26-19-36-39(21-26)27-6-4-3-5-7-27;1-2/h3-13,18-22,24,41H,14-17H2,1-2H3;1-2H3. The van der Waals surface area contributed by atoms with Crippen molar-refractivity contribution in [2.24, 2.45) is 7.05 Å². The van der Waals surface area contributed by atoms with Crippen LogP contribution in [0.4, 0.5) is 0 Å². The number of carbonyl (C=O) groups excluding carboxylic acids is 1. The fourth-order valence-corrected chi connectivity index (χ4v) is 6.20. The summed E-state index contributed by atoms with van der Waals surface area (Å²) in [5.74, 6) is 0.111. The van der Waals surface area contributed by atoms with Crippen molar-refractivity contribution in [3.05, 3.63) is 107 Å². The lowest BCUT2D eigenvalue weighted by atomic mass is 9.89. The zero-order valence-electron chi connectivity index (χ0n) is 26.1. The third-order valence-electron chi connectivity index (χ3n) is 8.61. The number of nitrogens with zero attached hydrogens (tertiary/aromatic N) is 6. The van der Waals surface area contributed by atoms with Crippen molar-refractivity contribution in [3.8, 4) is 22.5 Å². The lowest BCUT2D eigenvalue weighted by molar-refractivity contribution is -0.140. The molecule has 45 heavy (non-hydrogen) atoms. The first-order valence-corrected chi connectivity index (χ1v) is 15.6. The monoisotopic (exact) mass is 602 g/mol. The molecule has 1 amide bonds. The summed E-state index contributed by atoms with van der Waals surface area (Å²) in [7, 11) is 1.78. The van der Waals surface area contributed by atoms with Gasteiger partial charge in [0.1, 0.15) is 6.10 Å². The van der Waals surface area contributed by atoms with E-state index in [9.17, 15) is 14.7 Å². The number of pyridine rings is 1. The van der Waals surface area contributed by atoms with Crippen molar-refractivity contribution in [1.29, 1.82) is 0 Å². The van der Waals surface area contributed by atoms with Crippen LogP contribution < -0.4 is 5.69 Å². The van der Waals surface area contributed by atoms with E-state index in [4.69, 9.17) is 0 Å². The first kappa shape index (κ1) is 30.0. The lowest BCUT2D eigenvalue weighted by Crippen LogP contribution is -2.42. The number of aryl methyl sites for hydroxylation is 1. The molecule has 1 aliphatic heterocycles. The molecule has 1 atom stereocenters. The molecule has 3 aromatic carbocycles. The van der Waals surface area contributed by atoms with Crippen molar-refractivity contribution in [2.75, 3.05) is 13.1 Å². The number of aliphatic hydroxyl groups is 1. The SMILES string of the molecule is CC.CC(O)C(=O)N1CCC(c2ccc(-n3c(=O)n(C)c4cnc5ccc(-c6cnn(-c7ccccc7)c6)cc5c43)cc2)CC1. The van der Waals surface area contributed by atoms with Gasteiger partial charge in [-0.25, -0.2) is 9.48 Å². The van der Waals surface area contributed by atoms with Crippen molar-refractivity contribution >= 4 is 27.8 Å². The number of hydrogen-bond donors (Lipinski definition) is 1. The van der Waals surface area contributed by atoms with Crippen molar-refractivity contribution in [2.45, 2.75) is 45.6 Å². The second-order valence-corrected chi connectivity index (χ2v) is 11.3. The van der Waals surface area contributed by atoms with Gasteiger partial charge in [-0.05, 0) is 73.2 Å². The Kier molecular flexibility index (Phi) is 8.36. The molecule has 1 fully saturated rings. The van der Waals surface area contributed by atoms with Gasteiger partial charge < -0.3 is 10.0 Å². The van der Waals surface area contributed by atoms with Crippen LogP contribution in [0, 0.1) is 0 Å². The number of amides is 1. The average Bonchev–Trinajstić information content (AvgIpc) is 3.69. The van der Waals surface area contributed by atoms with E-state index < -0.39 is 6.10 Å². The van der Waals surface area contributed by atoms with E-state index in [0.717, 1.165) is 57.3 Å². The second kappa shape index (κ2) is 12.5. The number of aliphatic hydroxyl groups excluding tert-OH is 1. The normalized spacial score (nSPS) is 14.4. The molecule has 1 saturated heterocycles. The molecule has 9 heteroatoms. The number of carbonyl (C=O) groups is 1. The Hall–Kier alpha value is -5.02. The number of hydrogen-bond acceptors (Lipinski definition) is 5. The number of imidazole rings is 1. The van der Waals surface area contributed by atoms with E-state index in [-0.39, 0.29) is 11.6 Å². The van der Waals surface area contributed by atoms with Crippen LogP contribution in [0.1, 0.15) is 45.1 Å². The largest absolute Gasteiger partial charge is 0.384 e. The molecule has 0 radical (unpaired) electrons. The van der Waals surface area contributed by atoms with Crippen LogP contribution in [0.5, 0.6) is 0 Å². The van der Waals surface area contributed by atoms with Crippen LogP contribution in [0.25, 0.3) is 44.4 Å². The molecular formula is C36H38N6O3. The van der Waals surface area contributed by atoms with Gasteiger partial charge in [0.2, 0.25) is 0 Å². The maximum atomic E-state index is 13.6. The molecule has 1 unspecified atom stereocenters. The Morgan fingerprint density at radius 3 is 2.31 bits per heavy atom. The Bertz CT molecular complexity index is 2010. The number of aromatic nitrogens is 5. The van der Waals surface area contributed by atoms with Gasteiger partial charge >= 0.3 is 5.69 Å². The fourth-order valence-electron chi connectivity index (χ4n) is 6.20. The highest BCUT2D eigenvalue weighted by molar-refractivity contribution is 6.04. The number of likely N-dealkylation sites (tertiary alicyclic amines) is 1. The zero-order chi connectivity index (χ0) is 31.7. The number of benzene rings is 3. The third-order valence-corrected chi connectivity index (χ3v) is 8.61. The number of piperidine rings is 1. The van der Waals surface area contributed by atoms with E-state index in [2.05, 4.69) is 28.3 Å². The van der Waals surface area contributed by atoms with Crippen LogP contribution >= 0.6 is 0 Å². The maximum absolute atomic E-state index is 13.6. The summed E-state index contributed by atoms with van der Waals surface area (Å²) < 4.78 is 5.27. The summed E-state index contributed by atoms with van der Waals surface area (Å²) in [4.78, 5) is 32.2. The van der Waals surface area contributed by atoms with Gasteiger partial charge in [0.05, 0.1) is 40.3 Å². The van der Waals surface area contributed by atoms with Crippen molar-refractivity contribution < 1.29 is 9.90 Å². The highest BCUT2D eigenvalue weighted by atomic mass is 16.3. The van der Waals surface area contributed by atoms with Gasteiger partial charge in [0.15, 0.2) is 0 Å². The maximum Gasteiger partial charge on any atom is 0.333 e. The van der Waals surface area contributed by atoms with E-state index in [1.165, 1.54) is 12.5 Å². The minimum Gasteiger partial charge on any atom is -0.384 e. The van der Waals surface area contributed by atoms with Crippen LogP contribution in [-0.2, 0) is 11.8 Å². The predicted octanol–water partition coefficient (Wildman–Crippen LogP) is 5.84. The molecule has 7 rings (SSSR count). The topological polar surface area (TPSA) is 98.2 Å². The molecule has 1 N–H and O–H groups in total. The zero-order valence-corrected chi connectivity index (χ0v) is 26.1. The van der Waals surface area contributed by atoms with Gasteiger partial charge in [-0.1, -0.05) is 50.2 Å². The summed E-state index contributed by atoms with van der Waals surface area (Å²) in [5.41, 5.74) is 7.16. The van der Waals surface area contributed by atoms with E-state index in [1.807, 2.05) is 85.5 Å². The fraction of sp³-hybridized carbons (Fsp3) is 0.278. The Morgan fingerprint density at radius 1 is 0.911 bits per heavy atom. The molecule has 3 aromatic heterocycles. The smallest absolute Gasteiger partial charge is 0.333 e. The highest BCUT2D eigenvalue weighted by Gasteiger charge is 2.26. The molecular weight excluding hydrogens is 564 g/mol. The minimum atomic E-state index is -0.968. The van der Waals surface area contributed by atoms with Crippen LogP contribution in [0.15, 0.2) is 96.2 Å². The van der Waals surface area contributed by atoms with Gasteiger partial charge in [-0.3, -0.25) is 18.9 Å². The van der Waals surface area contributed by atoms with Gasteiger partial charge in [0.25, 0.3) is 5.91 Å². The molecule has 9 nitrogen and oxygen atoms in total. The van der Waals surface area contributed by atoms with E-state index in [0.29, 0.717) is 19.0 Å². The highest BCUT2D eigenvalue weighted by Crippen LogP contribution is 2.32. The van der Waals surface area contributed by atoms with Crippen molar-refractivity contribution in [3.63, 3.8) is 0 Å². The van der Waals surface area contributed by atoms with Gasteiger partial charge in [-0.2, -0.15) is 5.10 Å². The molecule has 0 aliphatic carbocycles. The summed E-state index contributed by atoms with van der Waals surface area (Å²) in [6.07, 6.45) is 6.33. The Balaban J connectivity index is 0.00000175. The van der Waals surface area contributed by atoms with Crippen LogP contribution in [0.2, 0.25) is 0 Å². The molecule has 6 aromatic rings. The summed E-state index contributed by atoms with van der Waals surface area (Å²) in [5, 5.41) is 15.1. The molecule has 230 valence electrons. The molecule has 0 bridgehead atoms. The molecule has 0 saturated carbocycles. The number of para-hydroxylation sites is 1. The van der Waals surface area contributed by atoms with E-state index in [1.54, 1.807) is 27.3 Å².